The normalized spacial score (nSPS) is 19.3. The number of ether oxygens (including phenoxy) is 1. The fourth-order valence-corrected chi connectivity index (χ4v) is 2.99. The summed E-state index contributed by atoms with van der Waals surface area (Å²) in [5.41, 5.74) is 0.732. The van der Waals surface area contributed by atoms with Gasteiger partial charge in [0, 0.05) is 13.1 Å². The lowest BCUT2D eigenvalue weighted by atomic mass is 9.98. The number of hydrogen-bond donors (Lipinski definition) is 0. The molecule has 0 spiro atoms. The molecule has 0 saturated carbocycles. The number of rotatable bonds is 3. The summed E-state index contributed by atoms with van der Waals surface area (Å²) < 4.78 is 8.59. The van der Waals surface area contributed by atoms with E-state index in [4.69, 9.17) is 4.74 Å². The predicted octanol–water partition coefficient (Wildman–Crippen LogP) is 1.13. The maximum absolute atomic E-state index is 12.4. The highest BCUT2D eigenvalue weighted by Crippen LogP contribution is 2.22. The van der Waals surface area contributed by atoms with E-state index in [1.807, 2.05) is 6.92 Å². The maximum atomic E-state index is 12.4. The first kappa shape index (κ1) is 13.9. The van der Waals surface area contributed by atoms with Crippen LogP contribution in [0.3, 0.4) is 0 Å². The molecule has 6 nitrogen and oxygen atoms in total. The van der Waals surface area contributed by atoms with E-state index in [-0.39, 0.29) is 17.8 Å². The predicted molar refractivity (Wildman–Crippen MR) is 69.9 cm³/mol. The first-order valence-corrected chi connectivity index (χ1v) is 7.13. The molecule has 0 aromatic carbocycles. The summed E-state index contributed by atoms with van der Waals surface area (Å²) in [6, 6.07) is 0. The molecular weight excluding hydrogens is 266 g/mol. The highest BCUT2D eigenvalue weighted by Gasteiger charge is 2.31. The van der Waals surface area contributed by atoms with Crippen LogP contribution in [0.4, 0.5) is 0 Å². The number of methoxy groups -OCH3 is 1. The number of hydrogen-bond acceptors (Lipinski definition) is 6. The second-order valence-corrected chi connectivity index (χ2v) is 5.27. The molecule has 1 aliphatic heterocycles. The van der Waals surface area contributed by atoms with Gasteiger partial charge in [-0.05, 0) is 30.8 Å². The standard InChI is InChI=1S/C12H17N3O3S/c1-3-9-10(19-14-13-9)11(16)15-6-4-5-8(7-15)12(17)18-2/h8H,3-7H2,1-2H3/t8-/m0/s1. The Labute approximate surface area is 115 Å². The van der Waals surface area contributed by atoms with Gasteiger partial charge in [-0.1, -0.05) is 11.4 Å². The van der Waals surface area contributed by atoms with E-state index in [0.29, 0.717) is 24.4 Å². The van der Waals surface area contributed by atoms with Crippen LogP contribution in [0.1, 0.15) is 35.1 Å². The van der Waals surface area contributed by atoms with E-state index in [9.17, 15) is 9.59 Å². The first-order valence-electron chi connectivity index (χ1n) is 6.35. The van der Waals surface area contributed by atoms with Gasteiger partial charge in [-0.15, -0.1) is 5.10 Å². The van der Waals surface area contributed by atoms with E-state index < -0.39 is 0 Å². The smallest absolute Gasteiger partial charge is 0.310 e. The molecule has 1 aromatic heterocycles. The second-order valence-electron chi connectivity index (χ2n) is 4.52. The van der Waals surface area contributed by atoms with Crippen LogP contribution < -0.4 is 0 Å². The van der Waals surface area contributed by atoms with Crippen molar-refractivity contribution < 1.29 is 14.3 Å². The maximum Gasteiger partial charge on any atom is 0.310 e. The van der Waals surface area contributed by atoms with Crippen molar-refractivity contribution in [3.05, 3.63) is 10.6 Å². The summed E-state index contributed by atoms with van der Waals surface area (Å²) in [6.07, 6.45) is 2.28. The Kier molecular flexibility index (Phi) is 4.47. The van der Waals surface area contributed by atoms with Gasteiger partial charge in [0.25, 0.3) is 5.91 Å². The number of nitrogens with zero attached hydrogens (tertiary/aromatic N) is 3. The summed E-state index contributed by atoms with van der Waals surface area (Å²) in [5, 5.41) is 3.95. The Hall–Kier alpha value is -1.50. The third kappa shape index (κ3) is 2.91. The van der Waals surface area contributed by atoms with Gasteiger partial charge in [-0.3, -0.25) is 9.59 Å². The van der Waals surface area contributed by atoms with Crippen molar-refractivity contribution in [2.45, 2.75) is 26.2 Å². The average Bonchev–Trinajstić information content (AvgIpc) is 2.94. The SMILES string of the molecule is CCc1nnsc1C(=O)N1CCC[C@H](C(=O)OC)C1. The lowest BCUT2D eigenvalue weighted by Crippen LogP contribution is -2.42. The molecule has 1 aromatic rings. The summed E-state index contributed by atoms with van der Waals surface area (Å²) >= 11 is 1.12. The topological polar surface area (TPSA) is 72.4 Å². The Morgan fingerprint density at radius 3 is 3.00 bits per heavy atom. The summed E-state index contributed by atoms with van der Waals surface area (Å²) in [5.74, 6) is -0.523. The molecular formula is C12H17N3O3S. The zero-order valence-electron chi connectivity index (χ0n) is 11.1. The summed E-state index contributed by atoms with van der Waals surface area (Å²) in [7, 11) is 1.38. The van der Waals surface area contributed by atoms with Gasteiger partial charge in [0.15, 0.2) is 0 Å². The molecule has 1 aliphatic rings. The van der Waals surface area contributed by atoms with Crippen LogP contribution in [0, 0.1) is 5.92 Å². The molecule has 19 heavy (non-hydrogen) atoms. The molecule has 1 fully saturated rings. The van der Waals surface area contributed by atoms with Gasteiger partial charge in [0.05, 0.1) is 18.7 Å². The Morgan fingerprint density at radius 1 is 1.53 bits per heavy atom. The van der Waals surface area contributed by atoms with Crippen LogP contribution >= 0.6 is 11.5 Å². The quantitative estimate of drug-likeness (QED) is 0.777. The molecule has 0 radical (unpaired) electrons. The first-order chi connectivity index (χ1) is 9.17. The van der Waals surface area contributed by atoms with E-state index in [0.717, 1.165) is 30.1 Å². The molecule has 0 bridgehead atoms. The van der Waals surface area contributed by atoms with E-state index in [2.05, 4.69) is 9.59 Å². The zero-order valence-corrected chi connectivity index (χ0v) is 11.9. The molecule has 2 rings (SSSR count). The molecule has 1 atom stereocenters. The molecule has 7 heteroatoms. The van der Waals surface area contributed by atoms with E-state index >= 15 is 0 Å². The van der Waals surface area contributed by atoms with Crippen LogP contribution in [0.2, 0.25) is 0 Å². The lowest BCUT2D eigenvalue weighted by Gasteiger charge is -2.31. The molecule has 2 heterocycles. The molecule has 1 amide bonds. The summed E-state index contributed by atoms with van der Waals surface area (Å²) in [4.78, 5) is 26.3. The molecule has 0 unspecified atom stereocenters. The largest absolute Gasteiger partial charge is 0.469 e. The third-order valence-electron chi connectivity index (χ3n) is 3.33. The Bertz CT molecular complexity index is 475. The number of aryl methyl sites for hydroxylation is 1. The number of piperidine rings is 1. The van der Waals surface area contributed by atoms with Crippen LogP contribution in [-0.2, 0) is 16.0 Å². The minimum Gasteiger partial charge on any atom is -0.469 e. The van der Waals surface area contributed by atoms with E-state index in [1.165, 1.54) is 7.11 Å². The average molecular weight is 283 g/mol. The van der Waals surface area contributed by atoms with Crippen LogP contribution in [0.25, 0.3) is 0 Å². The van der Waals surface area contributed by atoms with Gasteiger partial charge in [0.2, 0.25) is 0 Å². The van der Waals surface area contributed by atoms with Crippen molar-refractivity contribution in [2.24, 2.45) is 5.92 Å². The number of carbonyl (C=O) groups is 2. The molecule has 0 aliphatic carbocycles. The fraction of sp³-hybridized carbons (Fsp3) is 0.667. The highest BCUT2D eigenvalue weighted by molar-refractivity contribution is 7.08. The number of likely N-dealkylation sites (tertiary alicyclic amines) is 1. The zero-order chi connectivity index (χ0) is 13.8. The van der Waals surface area contributed by atoms with Crippen molar-refractivity contribution in [1.29, 1.82) is 0 Å². The van der Waals surface area contributed by atoms with Crippen LogP contribution in [-0.4, -0.2) is 46.6 Å². The van der Waals surface area contributed by atoms with Crippen molar-refractivity contribution in [1.82, 2.24) is 14.5 Å². The van der Waals surface area contributed by atoms with Gasteiger partial charge in [0.1, 0.15) is 4.88 Å². The van der Waals surface area contributed by atoms with Gasteiger partial charge >= 0.3 is 5.97 Å². The number of carbonyl (C=O) groups excluding carboxylic acids is 2. The third-order valence-corrected chi connectivity index (χ3v) is 4.08. The minimum absolute atomic E-state index is 0.0690. The molecule has 104 valence electrons. The number of amides is 1. The van der Waals surface area contributed by atoms with Crippen molar-refractivity contribution in [3.8, 4) is 0 Å². The van der Waals surface area contributed by atoms with E-state index in [1.54, 1.807) is 4.90 Å². The fourth-order valence-electron chi connectivity index (χ4n) is 2.27. The number of esters is 1. The van der Waals surface area contributed by atoms with Crippen LogP contribution in [0.15, 0.2) is 0 Å². The van der Waals surface area contributed by atoms with Gasteiger partial charge in [-0.2, -0.15) is 0 Å². The van der Waals surface area contributed by atoms with Crippen molar-refractivity contribution >= 4 is 23.4 Å². The monoisotopic (exact) mass is 283 g/mol. The Balaban J connectivity index is 2.09. The van der Waals surface area contributed by atoms with Gasteiger partial charge in [-0.25, -0.2) is 0 Å². The van der Waals surface area contributed by atoms with Crippen molar-refractivity contribution in [3.63, 3.8) is 0 Å². The number of aromatic nitrogens is 2. The molecule has 1 saturated heterocycles. The highest BCUT2D eigenvalue weighted by atomic mass is 32.1. The lowest BCUT2D eigenvalue weighted by molar-refractivity contribution is -0.146. The van der Waals surface area contributed by atoms with Gasteiger partial charge < -0.3 is 9.64 Å². The van der Waals surface area contributed by atoms with Crippen LogP contribution in [0.5, 0.6) is 0 Å². The summed E-state index contributed by atoms with van der Waals surface area (Å²) in [6.45, 7) is 3.04. The minimum atomic E-state index is -0.240. The van der Waals surface area contributed by atoms with Crippen molar-refractivity contribution in [2.75, 3.05) is 20.2 Å². The second kappa shape index (κ2) is 6.10. The Morgan fingerprint density at radius 2 is 2.32 bits per heavy atom. The molecule has 0 N–H and O–H groups in total.